The third-order valence-corrected chi connectivity index (χ3v) is 5.89. The van der Waals surface area contributed by atoms with Gasteiger partial charge in [-0.25, -0.2) is 0 Å². The molecule has 7 nitrogen and oxygen atoms in total. The molecule has 138 valence electrons. The lowest BCUT2D eigenvalue weighted by molar-refractivity contribution is -0.143. The molecule has 3 aliphatic heterocycles. The van der Waals surface area contributed by atoms with Crippen molar-refractivity contribution in [1.29, 1.82) is 0 Å². The van der Waals surface area contributed by atoms with Crippen LogP contribution in [0.1, 0.15) is 19.4 Å². The van der Waals surface area contributed by atoms with Gasteiger partial charge in [0.25, 0.3) is 0 Å². The lowest BCUT2D eigenvalue weighted by Gasteiger charge is -2.30. The lowest BCUT2D eigenvalue weighted by Crippen LogP contribution is -2.54. The second-order valence-corrected chi connectivity index (χ2v) is 7.55. The highest BCUT2D eigenvalue weighted by molar-refractivity contribution is 6.15. The van der Waals surface area contributed by atoms with E-state index in [0.29, 0.717) is 5.69 Å². The molecule has 4 rings (SSSR count). The molecule has 0 aliphatic carbocycles. The molecule has 7 heteroatoms. The van der Waals surface area contributed by atoms with E-state index in [9.17, 15) is 14.4 Å². The van der Waals surface area contributed by atoms with Crippen molar-refractivity contribution in [3.63, 3.8) is 0 Å². The van der Waals surface area contributed by atoms with Crippen LogP contribution >= 0.6 is 0 Å². The number of fused-ring (bicyclic) bond motifs is 4. The van der Waals surface area contributed by atoms with E-state index >= 15 is 0 Å². The molecule has 4 unspecified atom stereocenters. The van der Waals surface area contributed by atoms with Crippen LogP contribution < -0.4 is 10.6 Å². The van der Waals surface area contributed by atoms with E-state index in [2.05, 4.69) is 10.6 Å². The van der Waals surface area contributed by atoms with Crippen LogP contribution in [0.4, 0.5) is 5.69 Å². The summed E-state index contributed by atoms with van der Waals surface area (Å²) in [7, 11) is 1.53. The third kappa shape index (κ3) is 2.04. The normalized spacial score (nSPS) is 32.5. The van der Waals surface area contributed by atoms with Gasteiger partial charge in [-0.1, -0.05) is 32.0 Å². The summed E-state index contributed by atoms with van der Waals surface area (Å²) in [5.74, 6) is -1.94. The zero-order valence-electron chi connectivity index (χ0n) is 15.1. The van der Waals surface area contributed by atoms with Crippen LogP contribution in [0.2, 0.25) is 0 Å². The molecule has 2 fully saturated rings. The number of likely N-dealkylation sites (tertiary alicyclic amines) is 1. The summed E-state index contributed by atoms with van der Waals surface area (Å²) in [4.78, 5) is 40.6. The minimum atomic E-state index is -1.19. The second kappa shape index (κ2) is 5.89. The number of nitrogens with zero attached hydrogens (tertiary/aromatic N) is 1. The van der Waals surface area contributed by atoms with Crippen LogP contribution in [0.15, 0.2) is 24.3 Å². The number of nitrogens with one attached hydrogen (secondary N) is 2. The third-order valence-electron chi connectivity index (χ3n) is 5.89. The van der Waals surface area contributed by atoms with Crippen molar-refractivity contribution in [2.45, 2.75) is 25.4 Å². The molecule has 4 atom stereocenters. The first-order valence-electron chi connectivity index (χ1n) is 8.96. The largest absolute Gasteiger partial charge is 0.383 e. The van der Waals surface area contributed by atoms with Crippen LogP contribution in [0.5, 0.6) is 0 Å². The highest BCUT2D eigenvalue weighted by Crippen LogP contribution is 2.53. The predicted octanol–water partition coefficient (Wildman–Crippen LogP) is 0.709. The molecular formula is C19H23N3O4. The minimum absolute atomic E-state index is 0.0987. The molecule has 2 saturated heterocycles. The fourth-order valence-corrected chi connectivity index (χ4v) is 4.73. The maximum Gasteiger partial charge on any atom is 0.250 e. The quantitative estimate of drug-likeness (QED) is 0.775. The smallest absolute Gasteiger partial charge is 0.250 e. The fraction of sp³-hybridized carbons (Fsp3) is 0.526. The van der Waals surface area contributed by atoms with E-state index in [-0.39, 0.29) is 42.8 Å². The van der Waals surface area contributed by atoms with Gasteiger partial charge in [0.2, 0.25) is 17.7 Å². The summed E-state index contributed by atoms with van der Waals surface area (Å²) in [5, 5.41) is 6.29. The van der Waals surface area contributed by atoms with Crippen molar-refractivity contribution >= 4 is 23.4 Å². The van der Waals surface area contributed by atoms with Gasteiger partial charge in [-0.05, 0) is 12.0 Å². The zero-order chi connectivity index (χ0) is 18.6. The van der Waals surface area contributed by atoms with Gasteiger partial charge < -0.3 is 10.1 Å². The monoisotopic (exact) mass is 357 g/mol. The summed E-state index contributed by atoms with van der Waals surface area (Å²) in [5.41, 5.74) is 0.256. The van der Waals surface area contributed by atoms with Crippen molar-refractivity contribution in [1.82, 2.24) is 10.2 Å². The highest BCUT2D eigenvalue weighted by atomic mass is 16.5. The number of methoxy groups -OCH3 is 1. The van der Waals surface area contributed by atoms with Gasteiger partial charge in [0.15, 0.2) is 0 Å². The fourth-order valence-electron chi connectivity index (χ4n) is 4.73. The molecule has 1 spiro atoms. The van der Waals surface area contributed by atoms with Crippen LogP contribution in [0.3, 0.4) is 0 Å². The highest BCUT2D eigenvalue weighted by Gasteiger charge is 2.70. The number of amides is 3. The van der Waals surface area contributed by atoms with Crippen LogP contribution in [0, 0.1) is 17.8 Å². The Morgan fingerprint density at radius 2 is 1.92 bits per heavy atom. The van der Waals surface area contributed by atoms with Crippen LogP contribution in [0.25, 0.3) is 0 Å². The van der Waals surface area contributed by atoms with E-state index < -0.39 is 17.4 Å². The number of imide groups is 1. The van der Waals surface area contributed by atoms with Crippen molar-refractivity contribution in [3.05, 3.63) is 29.8 Å². The Hall–Kier alpha value is -2.25. The maximum absolute atomic E-state index is 13.2. The number of anilines is 1. The van der Waals surface area contributed by atoms with Gasteiger partial charge in [-0.15, -0.1) is 0 Å². The van der Waals surface area contributed by atoms with E-state index in [1.165, 1.54) is 12.0 Å². The summed E-state index contributed by atoms with van der Waals surface area (Å²) >= 11 is 0. The number of rotatable bonds is 4. The van der Waals surface area contributed by atoms with Crippen molar-refractivity contribution < 1.29 is 19.1 Å². The molecular weight excluding hydrogens is 334 g/mol. The SMILES string of the molecule is COCCN1C(=O)C2C(C(C)C)NC3(C(=O)Nc4ccccc43)C2C1=O. The van der Waals surface area contributed by atoms with Gasteiger partial charge >= 0.3 is 0 Å². The molecule has 0 saturated carbocycles. The first-order valence-corrected chi connectivity index (χ1v) is 8.96. The number of carbonyl (C=O) groups is 3. The molecule has 3 aliphatic rings. The van der Waals surface area contributed by atoms with Crippen molar-refractivity contribution in [2.24, 2.45) is 17.8 Å². The Labute approximate surface area is 152 Å². The molecule has 1 aromatic carbocycles. The van der Waals surface area contributed by atoms with E-state index in [1.807, 2.05) is 38.1 Å². The number of para-hydroxylation sites is 1. The number of ether oxygens (including phenoxy) is 1. The topological polar surface area (TPSA) is 87.7 Å². The standard InChI is InChI=1S/C19H23N3O4/c1-10(2)15-13-14(17(24)22(16(13)23)8-9-26-3)19(21-15)11-6-4-5-7-12(11)20-18(19)25/h4-7,10,13-15,21H,8-9H2,1-3H3,(H,20,25). The molecule has 26 heavy (non-hydrogen) atoms. The van der Waals surface area contributed by atoms with Crippen LogP contribution in [-0.2, 0) is 24.7 Å². The Kier molecular flexibility index (Phi) is 3.89. The Bertz CT molecular complexity index is 793. The molecule has 0 bridgehead atoms. The molecule has 3 heterocycles. The zero-order valence-corrected chi connectivity index (χ0v) is 15.1. The van der Waals surface area contributed by atoms with Gasteiger partial charge in [-0.2, -0.15) is 0 Å². The molecule has 1 aromatic rings. The number of carbonyl (C=O) groups excluding carboxylic acids is 3. The first kappa shape index (κ1) is 17.2. The Morgan fingerprint density at radius 3 is 2.62 bits per heavy atom. The Morgan fingerprint density at radius 1 is 1.19 bits per heavy atom. The van der Waals surface area contributed by atoms with Gasteiger partial charge in [0.1, 0.15) is 5.54 Å². The number of hydrogen-bond donors (Lipinski definition) is 2. The summed E-state index contributed by atoms with van der Waals surface area (Å²) in [6.07, 6.45) is 0. The van der Waals surface area contributed by atoms with Gasteiger partial charge in [0.05, 0.1) is 25.0 Å². The maximum atomic E-state index is 13.2. The summed E-state index contributed by atoms with van der Waals surface area (Å²) in [6, 6.07) is 7.13. The number of hydrogen-bond acceptors (Lipinski definition) is 5. The van der Waals surface area contributed by atoms with Gasteiger partial charge in [0, 0.05) is 24.4 Å². The molecule has 0 aromatic heterocycles. The Balaban J connectivity index is 1.85. The van der Waals surface area contributed by atoms with E-state index in [0.717, 1.165) is 5.56 Å². The first-order chi connectivity index (χ1) is 12.4. The molecule has 3 amide bonds. The van der Waals surface area contributed by atoms with Crippen LogP contribution in [-0.4, -0.2) is 48.9 Å². The average Bonchev–Trinajstić information content (AvgIpc) is 3.20. The summed E-state index contributed by atoms with van der Waals surface area (Å²) in [6.45, 7) is 4.50. The van der Waals surface area contributed by atoms with Crippen molar-refractivity contribution in [2.75, 3.05) is 25.6 Å². The number of benzene rings is 1. The second-order valence-electron chi connectivity index (χ2n) is 7.55. The molecule has 0 radical (unpaired) electrons. The van der Waals surface area contributed by atoms with E-state index in [4.69, 9.17) is 4.74 Å². The summed E-state index contributed by atoms with van der Waals surface area (Å²) < 4.78 is 5.05. The van der Waals surface area contributed by atoms with E-state index in [1.54, 1.807) is 0 Å². The minimum Gasteiger partial charge on any atom is -0.383 e. The predicted molar refractivity (Wildman–Crippen MR) is 94.1 cm³/mol. The average molecular weight is 357 g/mol. The lowest BCUT2D eigenvalue weighted by atomic mass is 9.76. The molecule has 2 N–H and O–H groups in total. The van der Waals surface area contributed by atoms with Crippen molar-refractivity contribution in [3.8, 4) is 0 Å². The van der Waals surface area contributed by atoms with Gasteiger partial charge in [-0.3, -0.25) is 24.6 Å².